The van der Waals surface area contributed by atoms with Gasteiger partial charge in [0, 0.05) is 22.5 Å². The summed E-state index contributed by atoms with van der Waals surface area (Å²) in [5, 5.41) is 26.0. The van der Waals surface area contributed by atoms with Gasteiger partial charge in [-0.15, -0.1) is 0 Å². The zero-order valence-electron chi connectivity index (χ0n) is 19.6. The van der Waals surface area contributed by atoms with E-state index in [4.69, 9.17) is 0 Å². The molecule has 4 rings (SSSR count). The molecule has 2 atom stereocenters. The summed E-state index contributed by atoms with van der Waals surface area (Å²) in [5.41, 5.74) is -0.493. The van der Waals surface area contributed by atoms with Crippen LogP contribution in [0.2, 0.25) is 0 Å². The molecule has 2 N–H and O–H groups in total. The number of amides is 1. The largest absolute Gasteiger partial charge is 0.352 e. The lowest BCUT2D eigenvalue weighted by atomic mass is 9.63. The molecule has 7 heteroatoms. The Morgan fingerprint density at radius 1 is 0.935 bits per heavy atom. The van der Waals surface area contributed by atoms with Crippen LogP contribution in [0.3, 0.4) is 0 Å². The second kappa shape index (κ2) is 6.26. The molecule has 1 saturated heterocycles. The molecule has 1 amide bonds. The van der Waals surface area contributed by atoms with Gasteiger partial charge in [-0.1, -0.05) is 20.8 Å². The zero-order valence-corrected chi connectivity index (χ0v) is 19.6. The van der Waals surface area contributed by atoms with Crippen LogP contribution in [-0.2, 0) is 15.6 Å². The van der Waals surface area contributed by atoms with E-state index in [1.54, 1.807) is 0 Å². The minimum Gasteiger partial charge on any atom is -0.352 e. The number of nitrogens with zero attached hydrogens (tertiary/aromatic N) is 4. The molecule has 2 heterocycles. The number of aromatic nitrogens is 2. The lowest BCUT2D eigenvalue weighted by Crippen LogP contribution is -2.64. The number of nitriles is 2. The van der Waals surface area contributed by atoms with Gasteiger partial charge < -0.3 is 10.6 Å². The topological polar surface area (TPSA) is 114 Å². The average Bonchev–Trinajstić information content (AvgIpc) is 2.93. The van der Waals surface area contributed by atoms with Crippen molar-refractivity contribution in [2.24, 2.45) is 5.41 Å². The van der Waals surface area contributed by atoms with E-state index in [1.165, 1.54) is 0 Å². The highest BCUT2D eigenvalue weighted by atomic mass is 16.2. The Morgan fingerprint density at radius 2 is 1.45 bits per heavy atom. The van der Waals surface area contributed by atoms with Crippen molar-refractivity contribution in [3.8, 4) is 12.1 Å². The van der Waals surface area contributed by atoms with Crippen LogP contribution in [-0.4, -0.2) is 33.0 Å². The van der Waals surface area contributed by atoms with E-state index in [9.17, 15) is 15.3 Å². The molecule has 2 fully saturated rings. The molecule has 164 valence electrons. The molecule has 0 unspecified atom stereocenters. The molecule has 1 aromatic rings. The number of rotatable bonds is 2. The van der Waals surface area contributed by atoms with Gasteiger partial charge in [-0.05, 0) is 58.8 Å². The second-order valence-corrected chi connectivity index (χ2v) is 11.7. The standard InChI is InChI=1S/C24H32N6O/c1-20(2)10-14(11-21(3,4)30-20)27-19(31)24-9-8-23(7,22(24,5)6)17-18(24)29-16(13-26)15(12-25)28-17/h14,30H,8-11H2,1-7H3,(H,27,31)/t23-,24+/m0/s1. The van der Waals surface area contributed by atoms with Crippen molar-refractivity contribution >= 4 is 5.91 Å². The Bertz CT molecular complexity index is 1040. The van der Waals surface area contributed by atoms with Crippen LogP contribution in [0.5, 0.6) is 0 Å². The van der Waals surface area contributed by atoms with Gasteiger partial charge in [0.1, 0.15) is 12.1 Å². The summed E-state index contributed by atoms with van der Waals surface area (Å²) < 4.78 is 0. The van der Waals surface area contributed by atoms with Crippen molar-refractivity contribution in [3.05, 3.63) is 22.8 Å². The number of hydrogen-bond donors (Lipinski definition) is 2. The van der Waals surface area contributed by atoms with E-state index in [1.807, 2.05) is 12.1 Å². The van der Waals surface area contributed by atoms with E-state index in [0.29, 0.717) is 17.8 Å². The molecule has 0 spiro atoms. The first-order valence-electron chi connectivity index (χ1n) is 11.1. The predicted molar refractivity (Wildman–Crippen MR) is 116 cm³/mol. The quantitative estimate of drug-likeness (QED) is 0.760. The molecule has 2 aliphatic carbocycles. The minimum atomic E-state index is -0.858. The van der Waals surface area contributed by atoms with Crippen molar-refractivity contribution in [1.29, 1.82) is 10.5 Å². The summed E-state index contributed by atoms with van der Waals surface area (Å²) in [6.45, 7) is 15.0. The summed E-state index contributed by atoms with van der Waals surface area (Å²) in [7, 11) is 0. The van der Waals surface area contributed by atoms with Gasteiger partial charge in [0.05, 0.1) is 16.8 Å². The molecular weight excluding hydrogens is 388 g/mol. The van der Waals surface area contributed by atoms with Crippen LogP contribution < -0.4 is 10.6 Å². The fourth-order valence-corrected chi connectivity index (χ4v) is 6.87. The molecule has 0 radical (unpaired) electrons. The maximum Gasteiger partial charge on any atom is 0.233 e. The van der Waals surface area contributed by atoms with Gasteiger partial charge in [0.25, 0.3) is 0 Å². The fraction of sp³-hybridized carbons (Fsp3) is 0.708. The number of piperidine rings is 1. The number of carbonyl (C=O) groups excluding carboxylic acids is 1. The van der Waals surface area contributed by atoms with Crippen molar-refractivity contribution in [2.45, 2.75) is 102 Å². The normalized spacial score (nSPS) is 32.0. The van der Waals surface area contributed by atoms with Crippen LogP contribution in [0.4, 0.5) is 0 Å². The summed E-state index contributed by atoms with van der Waals surface area (Å²) in [5.74, 6) is -0.0265. The van der Waals surface area contributed by atoms with Gasteiger partial charge in [-0.2, -0.15) is 10.5 Å². The third kappa shape index (κ3) is 2.76. The summed E-state index contributed by atoms with van der Waals surface area (Å²) in [6, 6.07) is 4.04. The van der Waals surface area contributed by atoms with E-state index >= 15 is 0 Å². The van der Waals surface area contributed by atoms with E-state index < -0.39 is 10.8 Å². The van der Waals surface area contributed by atoms with E-state index in [2.05, 4.69) is 69.1 Å². The van der Waals surface area contributed by atoms with Crippen LogP contribution in [0, 0.1) is 28.1 Å². The number of nitrogens with one attached hydrogen (secondary N) is 2. The lowest BCUT2D eigenvalue weighted by molar-refractivity contribution is -0.131. The number of carbonyl (C=O) groups is 1. The van der Waals surface area contributed by atoms with Gasteiger partial charge in [-0.3, -0.25) is 4.79 Å². The summed E-state index contributed by atoms with van der Waals surface area (Å²) >= 11 is 0. The van der Waals surface area contributed by atoms with E-state index in [0.717, 1.165) is 19.3 Å². The lowest BCUT2D eigenvalue weighted by Gasteiger charge is -2.48. The summed E-state index contributed by atoms with van der Waals surface area (Å²) in [6.07, 6.45) is 3.14. The SMILES string of the molecule is CC1(C)CC(NC(=O)[C@@]23CC[C@@](C)(c4nc(C#N)c(C#N)nc42)C3(C)C)CC(C)(C)N1. The Balaban J connectivity index is 1.79. The van der Waals surface area contributed by atoms with Crippen LogP contribution in [0.15, 0.2) is 0 Å². The van der Waals surface area contributed by atoms with Gasteiger partial charge in [0.15, 0.2) is 11.4 Å². The van der Waals surface area contributed by atoms with Gasteiger partial charge in [0.2, 0.25) is 5.91 Å². The van der Waals surface area contributed by atoms with Crippen LogP contribution in [0.1, 0.15) is 96.9 Å². The zero-order chi connectivity index (χ0) is 23.0. The molecule has 1 saturated carbocycles. The van der Waals surface area contributed by atoms with E-state index in [-0.39, 0.29) is 39.8 Å². The van der Waals surface area contributed by atoms with Gasteiger partial charge in [-0.25, -0.2) is 9.97 Å². The van der Waals surface area contributed by atoms with Crippen molar-refractivity contribution in [3.63, 3.8) is 0 Å². The van der Waals surface area contributed by atoms with Crippen molar-refractivity contribution in [1.82, 2.24) is 20.6 Å². The Hall–Kier alpha value is -2.51. The molecular formula is C24H32N6O. The first-order valence-corrected chi connectivity index (χ1v) is 11.1. The Morgan fingerprint density at radius 3 is 1.97 bits per heavy atom. The number of hydrogen-bond acceptors (Lipinski definition) is 6. The predicted octanol–water partition coefficient (Wildman–Crippen LogP) is 2.97. The van der Waals surface area contributed by atoms with Crippen LogP contribution in [0.25, 0.3) is 0 Å². The maximum absolute atomic E-state index is 14.0. The van der Waals surface area contributed by atoms with Crippen molar-refractivity contribution < 1.29 is 4.79 Å². The maximum atomic E-state index is 14.0. The molecule has 2 bridgehead atoms. The number of fused-ring (bicyclic) bond motifs is 5. The third-order valence-corrected chi connectivity index (χ3v) is 8.39. The molecule has 1 aliphatic heterocycles. The molecule has 0 aromatic carbocycles. The summed E-state index contributed by atoms with van der Waals surface area (Å²) in [4.78, 5) is 23.2. The first kappa shape index (κ1) is 21.7. The van der Waals surface area contributed by atoms with Gasteiger partial charge >= 0.3 is 0 Å². The average molecular weight is 421 g/mol. The molecule has 7 nitrogen and oxygen atoms in total. The molecule has 31 heavy (non-hydrogen) atoms. The van der Waals surface area contributed by atoms with Crippen LogP contribution >= 0.6 is 0 Å². The monoisotopic (exact) mass is 420 g/mol. The highest BCUT2D eigenvalue weighted by Gasteiger charge is 2.73. The fourth-order valence-electron chi connectivity index (χ4n) is 6.87. The molecule has 1 aromatic heterocycles. The Kier molecular flexibility index (Phi) is 4.39. The first-order chi connectivity index (χ1) is 14.2. The third-order valence-electron chi connectivity index (χ3n) is 8.39. The highest BCUT2D eigenvalue weighted by molar-refractivity contribution is 5.92. The minimum absolute atomic E-state index is 0.00417. The molecule has 3 aliphatic rings. The smallest absolute Gasteiger partial charge is 0.233 e. The van der Waals surface area contributed by atoms with Crippen molar-refractivity contribution in [2.75, 3.05) is 0 Å². The Labute approximate surface area is 184 Å². The highest BCUT2D eigenvalue weighted by Crippen LogP contribution is 2.70. The second-order valence-electron chi connectivity index (χ2n) is 11.7.